The van der Waals surface area contributed by atoms with Gasteiger partial charge in [0.25, 0.3) is 5.91 Å². The van der Waals surface area contributed by atoms with Crippen LogP contribution in [-0.4, -0.2) is 16.1 Å². The lowest BCUT2D eigenvalue weighted by molar-refractivity contribution is 0.102. The molecule has 23 heavy (non-hydrogen) atoms. The molecule has 118 valence electrons. The maximum atomic E-state index is 12.2. The number of nitrogens with one attached hydrogen (secondary N) is 1. The highest BCUT2D eigenvalue weighted by atomic mass is 16.4. The van der Waals surface area contributed by atoms with E-state index in [1.165, 1.54) is 5.56 Å². The van der Waals surface area contributed by atoms with E-state index in [9.17, 15) is 4.79 Å². The molecule has 6 nitrogen and oxygen atoms in total. The third-order valence-electron chi connectivity index (χ3n) is 3.68. The summed E-state index contributed by atoms with van der Waals surface area (Å²) < 4.78 is 10.9. The van der Waals surface area contributed by atoms with Gasteiger partial charge in [-0.15, -0.1) is 5.10 Å². The van der Waals surface area contributed by atoms with Gasteiger partial charge in [-0.05, 0) is 57.0 Å². The number of amides is 1. The minimum Gasteiger partial charge on any atom is -0.466 e. The van der Waals surface area contributed by atoms with Gasteiger partial charge in [-0.1, -0.05) is 11.2 Å². The number of hydrogen-bond donors (Lipinski definition) is 1. The van der Waals surface area contributed by atoms with Gasteiger partial charge >= 0.3 is 6.01 Å². The van der Waals surface area contributed by atoms with Crippen molar-refractivity contribution >= 4 is 11.9 Å². The molecule has 3 aromatic rings. The second-order valence-corrected chi connectivity index (χ2v) is 5.49. The summed E-state index contributed by atoms with van der Waals surface area (Å²) in [6.07, 6.45) is 0. The van der Waals surface area contributed by atoms with Crippen molar-refractivity contribution in [2.24, 2.45) is 0 Å². The second kappa shape index (κ2) is 5.72. The van der Waals surface area contributed by atoms with E-state index in [1.807, 2.05) is 32.0 Å². The molecule has 2 heterocycles. The van der Waals surface area contributed by atoms with Crippen LogP contribution in [0, 0.1) is 27.7 Å². The molecule has 0 spiro atoms. The molecule has 0 aliphatic heterocycles. The Morgan fingerprint density at radius 1 is 1.00 bits per heavy atom. The highest BCUT2D eigenvalue weighted by Gasteiger charge is 2.17. The summed E-state index contributed by atoms with van der Waals surface area (Å²) >= 11 is 0. The van der Waals surface area contributed by atoms with Gasteiger partial charge in [0.05, 0.1) is 5.56 Å². The molecule has 0 saturated heterocycles. The number of aryl methyl sites for hydroxylation is 4. The smallest absolute Gasteiger partial charge is 0.322 e. The Morgan fingerprint density at radius 2 is 1.78 bits per heavy atom. The summed E-state index contributed by atoms with van der Waals surface area (Å²) in [6.45, 7) is 7.57. The van der Waals surface area contributed by atoms with E-state index in [0.717, 1.165) is 11.1 Å². The van der Waals surface area contributed by atoms with E-state index in [4.69, 9.17) is 8.83 Å². The maximum absolute atomic E-state index is 12.2. The molecule has 6 heteroatoms. The molecule has 1 N–H and O–H groups in total. The summed E-state index contributed by atoms with van der Waals surface area (Å²) in [5, 5.41) is 10.4. The molecule has 0 atom stereocenters. The summed E-state index contributed by atoms with van der Waals surface area (Å²) in [4.78, 5) is 12.2. The number of hydrogen-bond acceptors (Lipinski definition) is 5. The number of nitrogens with zero attached hydrogens (tertiary/aromatic N) is 2. The first-order chi connectivity index (χ1) is 10.9. The topological polar surface area (TPSA) is 81.2 Å². The molecule has 2 aromatic heterocycles. The predicted molar refractivity (Wildman–Crippen MR) is 85.3 cm³/mol. The number of carbonyl (C=O) groups excluding carboxylic acids is 1. The van der Waals surface area contributed by atoms with Crippen molar-refractivity contribution in [2.75, 3.05) is 5.32 Å². The molecular formula is C17H17N3O3. The monoisotopic (exact) mass is 311 g/mol. The molecule has 3 rings (SSSR count). The van der Waals surface area contributed by atoms with Crippen molar-refractivity contribution in [3.05, 3.63) is 52.5 Å². The predicted octanol–water partition coefficient (Wildman–Crippen LogP) is 3.82. The van der Waals surface area contributed by atoms with Crippen molar-refractivity contribution in [3.63, 3.8) is 0 Å². The lowest BCUT2D eigenvalue weighted by Crippen LogP contribution is -2.12. The van der Waals surface area contributed by atoms with Gasteiger partial charge in [0.2, 0.25) is 5.89 Å². The van der Waals surface area contributed by atoms with Crippen LogP contribution < -0.4 is 5.32 Å². The van der Waals surface area contributed by atoms with Crippen LogP contribution in [0.1, 0.15) is 33.0 Å². The van der Waals surface area contributed by atoms with E-state index in [2.05, 4.69) is 15.5 Å². The third kappa shape index (κ3) is 3.01. The van der Waals surface area contributed by atoms with E-state index >= 15 is 0 Å². The van der Waals surface area contributed by atoms with Crippen LogP contribution in [0.15, 0.2) is 33.1 Å². The lowest BCUT2D eigenvalue weighted by atomic mass is 10.1. The average Bonchev–Trinajstić information content (AvgIpc) is 3.08. The maximum Gasteiger partial charge on any atom is 0.322 e. The third-order valence-corrected chi connectivity index (χ3v) is 3.68. The highest BCUT2D eigenvalue weighted by Crippen LogP contribution is 2.23. The number of rotatable bonds is 3. The van der Waals surface area contributed by atoms with Gasteiger partial charge in [0, 0.05) is 5.56 Å². The van der Waals surface area contributed by atoms with Crippen LogP contribution in [0.2, 0.25) is 0 Å². The first kappa shape index (κ1) is 15.0. The van der Waals surface area contributed by atoms with Crippen LogP contribution in [0.3, 0.4) is 0 Å². The van der Waals surface area contributed by atoms with Crippen molar-refractivity contribution in [1.82, 2.24) is 10.2 Å². The fraction of sp³-hybridized carbons (Fsp3) is 0.235. The molecule has 0 bridgehead atoms. The normalized spacial score (nSPS) is 10.8. The number of carbonyl (C=O) groups is 1. The molecular weight excluding hydrogens is 294 g/mol. The Labute approximate surface area is 133 Å². The number of benzene rings is 1. The summed E-state index contributed by atoms with van der Waals surface area (Å²) in [6, 6.07) is 7.60. The van der Waals surface area contributed by atoms with E-state index in [0.29, 0.717) is 23.0 Å². The van der Waals surface area contributed by atoms with Crippen molar-refractivity contribution in [3.8, 4) is 11.5 Å². The quantitative estimate of drug-likeness (QED) is 0.795. The van der Waals surface area contributed by atoms with Gasteiger partial charge in [-0.3, -0.25) is 10.1 Å². The minimum absolute atomic E-state index is 0.0569. The Bertz CT molecular complexity index is 877. The molecule has 0 radical (unpaired) electrons. The Morgan fingerprint density at radius 3 is 2.43 bits per heavy atom. The minimum atomic E-state index is -0.338. The summed E-state index contributed by atoms with van der Waals surface area (Å²) in [5.74, 6) is 1.25. The zero-order valence-electron chi connectivity index (χ0n) is 13.4. The van der Waals surface area contributed by atoms with Gasteiger partial charge < -0.3 is 8.83 Å². The van der Waals surface area contributed by atoms with Crippen molar-refractivity contribution in [2.45, 2.75) is 27.7 Å². The molecule has 0 aliphatic rings. The number of furan rings is 1. The Hall–Kier alpha value is -2.89. The molecule has 0 saturated carbocycles. The molecule has 0 unspecified atom stereocenters. The standard InChI is InChI=1S/C17H17N3O3/c1-9-5-6-13(7-10(9)2)16-19-20-17(23-16)18-15(21)14-8-11(3)22-12(14)4/h5-8H,1-4H3,(H,18,20,21). The average molecular weight is 311 g/mol. The summed E-state index contributed by atoms with van der Waals surface area (Å²) in [5.41, 5.74) is 3.59. The Kier molecular flexibility index (Phi) is 3.73. The first-order valence-corrected chi connectivity index (χ1v) is 7.23. The Balaban J connectivity index is 1.80. The van der Waals surface area contributed by atoms with Crippen LogP contribution in [0.25, 0.3) is 11.5 Å². The fourth-order valence-corrected chi connectivity index (χ4v) is 2.29. The van der Waals surface area contributed by atoms with Crippen molar-refractivity contribution < 1.29 is 13.6 Å². The molecule has 0 fully saturated rings. The van der Waals surface area contributed by atoms with Crippen molar-refractivity contribution in [1.29, 1.82) is 0 Å². The molecule has 1 aromatic carbocycles. The number of anilines is 1. The van der Waals surface area contributed by atoms with E-state index in [1.54, 1.807) is 19.9 Å². The summed E-state index contributed by atoms with van der Waals surface area (Å²) in [7, 11) is 0. The van der Waals surface area contributed by atoms with Crippen LogP contribution >= 0.6 is 0 Å². The first-order valence-electron chi connectivity index (χ1n) is 7.23. The molecule has 1 amide bonds. The van der Waals surface area contributed by atoms with Crippen LogP contribution in [0.5, 0.6) is 0 Å². The number of aromatic nitrogens is 2. The van der Waals surface area contributed by atoms with Gasteiger partial charge in [0.15, 0.2) is 0 Å². The van der Waals surface area contributed by atoms with Gasteiger partial charge in [0.1, 0.15) is 11.5 Å². The zero-order valence-corrected chi connectivity index (χ0v) is 13.4. The lowest BCUT2D eigenvalue weighted by Gasteiger charge is -2.01. The van der Waals surface area contributed by atoms with Gasteiger partial charge in [-0.2, -0.15) is 0 Å². The largest absolute Gasteiger partial charge is 0.466 e. The fourth-order valence-electron chi connectivity index (χ4n) is 2.29. The van der Waals surface area contributed by atoms with Gasteiger partial charge in [-0.25, -0.2) is 0 Å². The van der Waals surface area contributed by atoms with Crippen LogP contribution in [0.4, 0.5) is 6.01 Å². The van der Waals surface area contributed by atoms with E-state index < -0.39 is 0 Å². The second-order valence-electron chi connectivity index (χ2n) is 5.49. The molecule has 0 aliphatic carbocycles. The van der Waals surface area contributed by atoms with Crippen LogP contribution in [-0.2, 0) is 0 Å². The van der Waals surface area contributed by atoms with E-state index in [-0.39, 0.29) is 11.9 Å². The highest BCUT2D eigenvalue weighted by molar-refractivity contribution is 6.03. The zero-order chi connectivity index (χ0) is 16.6. The SMILES string of the molecule is Cc1cc(C(=O)Nc2nnc(-c3ccc(C)c(C)c3)o2)c(C)o1.